The summed E-state index contributed by atoms with van der Waals surface area (Å²) >= 11 is 0. The zero-order chi connectivity index (χ0) is 8.20. The fraction of sp³-hybridized carbons (Fsp3) is 0.857. The van der Waals surface area contributed by atoms with E-state index in [9.17, 15) is 9.59 Å². The van der Waals surface area contributed by atoms with Gasteiger partial charge in [0.15, 0.2) is 8.32 Å². The Morgan fingerprint density at radius 3 is 2.30 bits per heavy atom. The van der Waals surface area contributed by atoms with Crippen LogP contribution >= 0.6 is 0 Å². The fourth-order valence-electron chi connectivity index (χ4n) is 0.770. The van der Waals surface area contributed by atoms with E-state index in [0.717, 1.165) is 12.5 Å². The first-order valence-electron chi connectivity index (χ1n) is 3.63. The van der Waals surface area contributed by atoms with Crippen LogP contribution in [-0.4, -0.2) is 18.9 Å². The molecular weight excluding hydrogens is 144 g/mol. The summed E-state index contributed by atoms with van der Waals surface area (Å²) in [5.41, 5.74) is 0. The van der Waals surface area contributed by atoms with Crippen molar-refractivity contribution >= 4 is 14.1 Å². The Labute approximate surface area is 63.4 Å². The van der Waals surface area contributed by atoms with Crippen LogP contribution in [0.4, 0.5) is 0 Å². The molecule has 0 aliphatic rings. The van der Waals surface area contributed by atoms with Crippen molar-refractivity contribution in [1.82, 2.24) is 0 Å². The molecule has 10 heavy (non-hydrogen) atoms. The molecule has 0 aliphatic heterocycles. The summed E-state index contributed by atoms with van der Waals surface area (Å²) in [6.45, 7) is 5.38. The fourth-order valence-corrected chi connectivity index (χ4v) is 1.81. The number of hydrogen-bond acceptors (Lipinski definition) is 2. The van der Waals surface area contributed by atoms with E-state index in [-0.39, 0.29) is 5.78 Å². The highest BCUT2D eigenvalue weighted by molar-refractivity contribution is 6.69. The molecule has 0 aromatic carbocycles. The van der Waals surface area contributed by atoms with Gasteiger partial charge in [0.05, 0.1) is 0 Å². The van der Waals surface area contributed by atoms with Crippen LogP contribution in [0.5, 0.6) is 0 Å². The van der Waals surface area contributed by atoms with Crippen LogP contribution in [0.15, 0.2) is 0 Å². The lowest BCUT2D eigenvalue weighted by atomic mass is 10.3. The lowest BCUT2D eigenvalue weighted by Crippen LogP contribution is -2.24. The predicted molar refractivity (Wildman–Crippen MR) is 44.4 cm³/mol. The van der Waals surface area contributed by atoms with Crippen LogP contribution in [0.2, 0.25) is 19.1 Å². The smallest absolute Gasteiger partial charge is 0.182 e. The lowest BCUT2D eigenvalue weighted by Gasteiger charge is -2.11. The van der Waals surface area contributed by atoms with Crippen molar-refractivity contribution in [3.05, 3.63) is 0 Å². The highest BCUT2D eigenvalue weighted by Crippen LogP contribution is 2.09. The molecule has 0 atom stereocenters. The van der Waals surface area contributed by atoms with Crippen molar-refractivity contribution in [2.45, 2.75) is 38.9 Å². The second kappa shape index (κ2) is 3.88. The predicted octanol–water partition coefficient (Wildman–Crippen LogP) is 1.55. The molecule has 0 unspecified atom stereocenters. The second-order valence-corrected chi connectivity index (χ2v) is 7.49. The van der Waals surface area contributed by atoms with E-state index in [1.165, 1.54) is 0 Å². The summed E-state index contributed by atoms with van der Waals surface area (Å²) in [7, 11) is -1.88. The molecule has 0 aliphatic carbocycles. The van der Waals surface area contributed by atoms with Gasteiger partial charge in [-0.3, -0.25) is 0 Å². The van der Waals surface area contributed by atoms with Crippen LogP contribution in [0, 0.1) is 0 Å². The third-order valence-corrected chi connectivity index (χ3v) is 2.89. The third-order valence-electron chi connectivity index (χ3n) is 1.32. The van der Waals surface area contributed by atoms with Gasteiger partial charge in [0.2, 0.25) is 0 Å². The molecule has 2 nitrogen and oxygen atoms in total. The van der Waals surface area contributed by atoms with Gasteiger partial charge in [-0.1, -0.05) is 0 Å². The first-order chi connectivity index (χ1) is 4.42. The minimum Gasteiger partial charge on any atom is -0.432 e. The third kappa shape index (κ3) is 7.85. The molecule has 0 saturated carbocycles. The van der Waals surface area contributed by atoms with E-state index in [1.54, 1.807) is 6.92 Å². The van der Waals surface area contributed by atoms with Gasteiger partial charge >= 0.3 is 0 Å². The summed E-state index contributed by atoms with van der Waals surface area (Å²) in [5, 5.41) is 0. The number of carbonyl (C=O) groups excluding carboxylic acids is 1. The molecule has 0 bridgehead atoms. The quantitative estimate of drug-likeness (QED) is 0.634. The van der Waals surface area contributed by atoms with E-state index in [0.29, 0.717) is 6.42 Å². The van der Waals surface area contributed by atoms with Crippen LogP contribution < -0.4 is 0 Å². The van der Waals surface area contributed by atoms with Crippen molar-refractivity contribution in [2.75, 3.05) is 0 Å². The monoisotopic (exact) mass is 160 g/mol. The van der Waals surface area contributed by atoms with Crippen LogP contribution in [0.1, 0.15) is 19.8 Å². The van der Waals surface area contributed by atoms with Gasteiger partial charge in [0, 0.05) is 6.42 Å². The largest absolute Gasteiger partial charge is 0.432 e. The second-order valence-electron chi connectivity index (χ2n) is 3.37. The minimum absolute atomic E-state index is 0.221. The van der Waals surface area contributed by atoms with E-state index in [1.807, 2.05) is 13.1 Å². The summed E-state index contributed by atoms with van der Waals surface area (Å²) < 4.78 is 0. The Kier molecular flexibility index (Phi) is 3.82. The Morgan fingerprint density at radius 1 is 1.50 bits per heavy atom. The van der Waals surface area contributed by atoms with Crippen LogP contribution in [0.25, 0.3) is 0 Å². The summed E-state index contributed by atoms with van der Waals surface area (Å²) in [5.74, 6) is 0.221. The van der Waals surface area contributed by atoms with E-state index in [2.05, 4.69) is 0 Å². The molecule has 0 rings (SSSR count). The van der Waals surface area contributed by atoms with Crippen molar-refractivity contribution in [2.24, 2.45) is 0 Å². The Balaban J connectivity index is 3.29. The highest BCUT2D eigenvalue weighted by Gasteiger charge is 2.15. The van der Waals surface area contributed by atoms with Crippen molar-refractivity contribution in [3.63, 3.8) is 0 Å². The van der Waals surface area contributed by atoms with E-state index < -0.39 is 8.32 Å². The Morgan fingerprint density at radius 2 is 2.00 bits per heavy atom. The zero-order valence-corrected chi connectivity index (χ0v) is 7.98. The first-order valence-corrected chi connectivity index (χ1v) is 6.79. The molecule has 0 spiro atoms. The van der Waals surface area contributed by atoms with Gasteiger partial charge in [-0.25, -0.2) is 0 Å². The molecule has 0 aromatic rings. The zero-order valence-electron chi connectivity index (χ0n) is 6.98. The topological polar surface area (TPSA) is 37.3 Å². The normalized spacial score (nSPS) is 11.6. The molecular formula is C7H16O2Si. The lowest BCUT2D eigenvalue weighted by molar-refractivity contribution is -0.117. The molecule has 0 radical (unpaired) electrons. The molecule has 0 fully saturated rings. The first kappa shape index (κ1) is 9.85. The maximum atomic E-state index is 10.5. The minimum atomic E-state index is -1.88. The maximum absolute atomic E-state index is 10.5. The number of rotatable bonds is 4. The average Bonchev–Trinajstić information content (AvgIpc) is 1.59. The van der Waals surface area contributed by atoms with Crippen LogP contribution in [0.3, 0.4) is 0 Å². The summed E-state index contributed by atoms with van der Waals surface area (Å²) in [6.07, 6.45) is 1.47. The molecule has 1 N–H and O–H groups in total. The maximum Gasteiger partial charge on any atom is 0.182 e. The molecule has 60 valence electrons. The molecule has 0 amide bonds. The van der Waals surface area contributed by atoms with Gasteiger partial charge in [-0.15, -0.1) is 0 Å². The number of ketones is 1. The van der Waals surface area contributed by atoms with Crippen molar-refractivity contribution in [3.8, 4) is 0 Å². The highest BCUT2D eigenvalue weighted by atomic mass is 28.4. The van der Waals surface area contributed by atoms with Crippen LogP contribution in [-0.2, 0) is 4.79 Å². The molecule has 0 saturated heterocycles. The average molecular weight is 160 g/mol. The van der Waals surface area contributed by atoms with Gasteiger partial charge in [0.25, 0.3) is 0 Å². The van der Waals surface area contributed by atoms with Crippen molar-refractivity contribution in [1.29, 1.82) is 0 Å². The summed E-state index contributed by atoms with van der Waals surface area (Å²) in [6, 6.07) is 0.840. The SMILES string of the molecule is CC(=O)CCC[Si](C)(C)O. The number of Topliss-reactive ketones (excluding diaryl/α,β-unsaturated/α-hetero) is 1. The number of hydrogen-bond donors (Lipinski definition) is 1. The van der Waals surface area contributed by atoms with Gasteiger partial charge < -0.3 is 9.59 Å². The summed E-state index contributed by atoms with van der Waals surface area (Å²) in [4.78, 5) is 19.8. The van der Waals surface area contributed by atoms with Gasteiger partial charge in [-0.05, 0) is 32.5 Å². The van der Waals surface area contributed by atoms with E-state index >= 15 is 0 Å². The molecule has 3 heteroatoms. The van der Waals surface area contributed by atoms with E-state index in [4.69, 9.17) is 0 Å². The Hall–Kier alpha value is -0.153. The van der Waals surface area contributed by atoms with Gasteiger partial charge in [-0.2, -0.15) is 0 Å². The molecule has 0 heterocycles. The van der Waals surface area contributed by atoms with Crippen molar-refractivity contribution < 1.29 is 9.59 Å². The number of carbonyl (C=O) groups is 1. The Bertz CT molecular complexity index is 115. The standard InChI is InChI=1S/C7H16O2Si/c1-7(8)5-4-6-10(2,3)9/h9H,4-6H2,1-3H3. The van der Waals surface area contributed by atoms with Gasteiger partial charge in [0.1, 0.15) is 5.78 Å². The molecule has 0 aromatic heterocycles.